The van der Waals surface area contributed by atoms with Crippen LogP contribution in [0.1, 0.15) is 63.9 Å². The van der Waals surface area contributed by atoms with Gasteiger partial charge in [0, 0.05) is 11.4 Å². The Balaban J connectivity index is 1.54. The maximum absolute atomic E-state index is 9.22. The van der Waals surface area contributed by atoms with Gasteiger partial charge < -0.3 is 10.4 Å². The van der Waals surface area contributed by atoms with Crippen LogP contribution in [0.25, 0.3) is 0 Å². The quantitative estimate of drug-likeness (QED) is 0.434. The molecular formula is C23H33NO. The van der Waals surface area contributed by atoms with E-state index in [1.54, 1.807) is 0 Å². The lowest BCUT2D eigenvalue weighted by Crippen LogP contribution is -1.98. The molecule has 136 valence electrons. The van der Waals surface area contributed by atoms with Gasteiger partial charge in [0.15, 0.2) is 0 Å². The van der Waals surface area contributed by atoms with Crippen molar-refractivity contribution in [1.29, 1.82) is 0 Å². The van der Waals surface area contributed by atoms with Crippen molar-refractivity contribution in [3.8, 4) is 0 Å². The third-order valence-corrected chi connectivity index (χ3v) is 4.60. The summed E-state index contributed by atoms with van der Waals surface area (Å²) in [5.74, 6) is 0. The van der Waals surface area contributed by atoms with Crippen molar-refractivity contribution in [3.05, 3.63) is 60.2 Å². The minimum atomic E-state index is -0.130. The summed E-state index contributed by atoms with van der Waals surface area (Å²) in [6.45, 7) is 1.88. The molecule has 0 aliphatic rings. The van der Waals surface area contributed by atoms with E-state index in [0.29, 0.717) is 0 Å². The van der Waals surface area contributed by atoms with Crippen LogP contribution in [0.3, 0.4) is 0 Å². The lowest BCUT2D eigenvalue weighted by molar-refractivity contribution is 0.180. The van der Waals surface area contributed by atoms with Gasteiger partial charge in [-0.15, -0.1) is 0 Å². The van der Waals surface area contributed by atoms with Crippen LogP contribution in [0.5, 0.6) is 0 Å². The Labute approximate surface area is 153 Å². The fraction of sp³-hybridized carbons (Fsp3) is 0.478. The summed E-state index contributed by atoms with van der Waals surface area (Å²) >= 11 is 0. The summed E-state index contributed by atoms with van der Waals surface area (Å²) in [6.07, 6.45) is 11.0. The number of aliphatic hydroxyl groups excluding tert-OH is 1. The van der Waals surface area contributed by atoms with E-state index in [2.05, 4.69) is 41.7 Å². The fourth-order valence-corrected chi connectivity index (χ4v) is 3.10. The maximum Gasteiger partial charge on any atom is 0.0512 e. The Morgan fingerprint density at radius 2 is 1.28 bits per heavy atom. The van der Waals surface area contributed by atoms with Crippen molar-refractivity contribution in [2.75, 3.05) is 5.32 Å². The lowest BCUT2D eigenvalue weighted by Gasteiger charge is -2.08. The molecule has 0 fully saturated rings. The Hall–Kier alpha value is -1.80. The monoisotopic (exact) mass is 339 g/mol. The second-order valence-electron chi connectivity index (χ2n) is 7.05. The van der Waals surface area contributed by atoms with Crippen molar-refractivity contribution < 1.29 is 5.11 Å². The molecule has 0 radical (unpaired) electrons. The number of rotatable bonds is 12. The van der Waals surface area contributed by atoms with Crippen LogP contribution in [0, 0.1) is 0 Å². The molecule has 0 heterocycles. The van der Waals surface area contributed by atoms with Crippen LogP contribution in [-0.4, -0.2) is 11.2 Å². The normalized spacial score (nSPS) is 12.1. The van der Waals surface area contributed by atoms with E-state index >= 15 is 0 Å². The van der Waals surface area contributed by atoms with Gasteiger partial charge in [-0.2, -0.15) is 0 Å². The number of nitrogens with one attached hydrogen (secondary N) is 1. The molecule has 25 heavy (non-hydrogen) atoms. The van der Waals surface area contributed by atoms with Crippen molar-refractivity contribution in [2.45, 2.75) is 70.8 Å². The molecule has 2 rings (SSSR count). The zero-order chi connectivity index (χ0) is 17.7. The molecule has 2 aromatic rings. The van der Waals surface area contributed by atoms with Crippen LogP contribution < -0.4 is 5.32 Å². The van der Waals surface area contributed by atoms with Crippen LogP contribution >= 0.6 is 0 Å². The molecule has 2 N–H and O–H groups in total. The number of para-hydroxylation sites is 1. The van der Waals surface area contributed by atoms with Gasteiger partial charge in [-0.3, -0.25) is 0 Å². The standard InChI is InChI=1S/C23H33NO/c1-20(25)12-8-5-3-2-4-6-9-13-21-16-18-23(19-17-21)24-22-14-10-7-11-15-22/h7,10-11,14-20,24-25H,2-6,8-9,12-13H2,1H3. The van der Waals surface area contributed by atoms with Gasteiger partial charge in [0.1, 0.15) is 0 Å². The fourth-order valence-electron chi connectivity index (χ4n) is 3.10. The molecule has 2 aromatic carbocycles. The number of aliphatic hydroxyl groups is 1. The summed E-state index contributed by atoms with van der Waals surface area (Å²) < 4.78 is 0. The molecular weight excluding hydrogens is 306 g/mol. The first-order chi connectivity index (χ1) is 12.2. The van der Waals surface area contributed by atoms with Crippen molar-refractivity contribution in [1.82, 2.24) is 0 Å². The molecule has 0 spiro atoms. The zero-order valence-electron chi connectivity index (χ0n) is 15.6. The number of anilines is 2. The first-order valence-corrected chi connectivity index (χ1v) is 9.83. The van der Waals surface area contributed by atoms with Crippen molar-refractivity contribution in [3.63, 3.8) is 0 Å². The molecule has 0 amide bonds. The first kappa shape index (κ1) is 19.5. The predicted octanol–water partition coefficient (Wildman–Crippen LogP) is 6.47. The molecule has 0 aliphatic carbocycles. The molecule has 0 saturated heterocycles. The van der Waals surface area contributed by atoms with Crippen molar-refractivity contribution in [2.24, 2.45) is 0 Å². The molecule has 1 unspecified atom stereocenters. The van der Waals surface area contributed by atoms with Gasteiger partial charge in [0.2, 0.25) is 0 Å². The molecule has 0 saturated carbocycles. The molecule has 1 atom stereocenters. The average molecular weight is 340 g/mol. The van der Waals surface area contributed by atoms with Gasteiger partial charge in [0.25, 0.3) is 0 Å². The first-order valence-electron chi connectivity index (χ1n) is 9.83. The van der Waals surface area contributed by atoms with Crippen molar-refractivity contribution >= 4 is 11.4 Å². The number of unbranched alkanes of at least 4 members (excludes halogenated alkanes) is 6. The summed E-state index contributed by atoms with van der Waals surface area (Å²) in [5, 5.41) is 12.6. The molecule has 0 bridgehead atoms. The summed E-state index contributed by atoms with van der Waals surface area (Å²) in [7, 11) is 0. The van der Waals surface area contributed by atoms with E-state index in [-0.39, 0.29) is 6.10 Å². The molecule has 2 heteroatoms. The van der Waals surface area contributed by atoms with Gasteiger partial charge in [-0.1, -0.05) is 68.9 Å². The largest absolute Gasteiger partial charge is 0.393 e. The van der Waals surface area contributed by atoms with E-state index in [1.165, 1.54) is 56.9 Å². The molecule has 0 aliphatic heterocycles. The number of hydrogen-bond acceptors (Lipinski definition) is 2. The zero-order valence-corrected chi connectivity index (χ0v) is 15.6. The number of hydrogen-bond donors (Lipinski definition) is 2. The van der Waals surface area contributed by atoms with Crippen LogP contribution in [0.15, 0.2) is 54.6 Å². The second kappa shape index (κ2) is 11.7. The Kier molecular flexibility index (Phi) is 9.14. The van der Waals surface area contributed by atoms with Gasteiger partial charge in [0.05, 0.1) is 6.10 Å². The summed E-state index contributed by atoms with van der Waals surface area (Å²) in [5.41, 5.74) is 3.70. The highest BCUT2D eigenvalue weighted by molar-refractivity contribution is 5.59. The van der Waals surface area contributed by atoms with Gasteiger partial charge in [-0.05, 0) is 56.0 Å². The van der Waals surface area contributed by atoms with Crippen LogP contribution in [0.2, 0.25) is 0 Å². The Bertz CT molecular complexity index is 562. The molecule has 0 aromatic heterocycles. The van der Waals surface area contributed by atoms with Crippen LogP contribution in [-0.2, 0) is 6.42 Å². The maximum atomic E-state index is 9.22. The smallest absolute Gasteiger partial charge is 0.0512 e. The SMILES string of the molecule is CC(O)CCCCCCCCCc1ccc(Nc2ccccc2)cc1. The van der Waals surface area contributed by atoms with Gasteiger partial charge >= 0.3 is 0 Å². The minimum Gasteiger partial charge on any atom is -0.393 e. The van der Waals surface area contributed by atoms with E-state index in [0.717, 1.165) is 17.8 Å². The lowest BCUT2D eigenvalue weighted by atomic mass is 10.0. The van der Waals surface area contributed by atoms with E-state index in [4.69, 9.17) is 0 Å². The third-order valence-electron chi connectivity index (χ3n) is 4.60. The van der Waals surface area contributed by atoms with E-state index in [1.807, 2.05) is 25.1 Å². The minimum absolute atomic E-state index is 0.130. The predicted molar refractivity (Wildman–Crippen MR) is 108 cm³/mol. The third kappa shape index (κ3) is 8.74. The average Bonchev–Trinajstić information content (AvgIpc) is 2.62. The highest BCUT2D eigenvalue weighted by Crippen LogP contribution is 2.18. The van der Waals surface area contributed by atoms with Gasteiger partial charge in [-0.25, -0.2) is 0 Å². The Morgan fingerprint density at radius 1 is 0.720 bits per heavy atom. The van der Waals surface area contributed by atoms with E-state index < -0.39 is 0 Å². The highest BCUT2D eigenvalue weighted by atomic mass is 16.3. The number of benzene rings is 2. The van der Waals surface area contributed by atoms with Crippen LogP contribution in [0.4, 0.5) is 11.4 Å². The number of aryl methyl sites for hydroxylation is 1. The summed E-state index contributed by atoms with van der Waals surface area (Å²) in [6, 6.07) is 19.1. The highest BCUT2D eigenvalue weighted by Gasteiger charge is 1.98. The second-order valence-corrected chi connectivity index (χ2v) is 7.05. The Morgan fingerprint density at radius 3 is 1.92 bits per heavy atom. The topological polar surface area (TPSA) is 32.3 Å². The summed E-state index contributed by atoms with van der Waals surface area (Å²) in [4.78, 5) is 0. The van der Waals surface area contributed by atoms with E-state index in [9.17, 15) is 5.11 Å². The molecule has 2 nitrogen and oxygen atoms in total.